The number of ketones is 1. The van der Waals surface area contributed by atoms with E-state index in [1.807, 2.05) is 0 Å². The first-order valence-corrected chi connectivity index (χ1v) is 21.7. The second kappa shape index (κ2) is 16.7. The van der Waals surface area contributed by atoms with Crippen LogP contribution in [-0.4, -0.2) is 101 Å². The minimum Gasteiger partial charge on any atom is -0.455 e. The van der Waals surface area contributed by atoms with Gasteiger partial charge < -0.3 is 43.6 Å². The predicted octanol–water partition coefficient (Wildman–Crippen LogP) is 5.43. The number of hydrogen-bond donors (Lipinski definition) is 2. The normalized spacial score (nSPS) is 31.9. The Kier molecular flexibility index (Phi) is 12.1. The fraction of sp³-hybridized carbons (Fsp3) is 0.562. The molecular weight excluding hydrogens is 831 g/mol. The highest BCUT2D eigenvalue weighted by atomic mass is 16.6. The highest BCUT2D eigenvalue weighted by Gasteiger charge is 2.84. The maximum absolute atomic E-state index is 15.6. The van der Waals surface area contributed by atoms with Crippen molar-refractivity contribution in [3.8, 4) is 0 Å². The number of aliphatic hydroxyl groups is 1. The van der Waals surface area contributed by atoms with Gasteiger partial charge in [0.15, 0.2) is 17.5 Å². The summed E-state index contributed by atoms with van der Waals surface area (Å²) in [5, 5.41) is 16.5. The summed E-state index contributed by atoms with van der Waals surface area (Å²) in [5.41, 5.74) is -6.98. The van der Waals surface area contributed by atoms with E-state index in [-0.39, 0.29) is 36.2 Å². The number of benzene rings is 2. The molecule has 4 fully saturated rings. The molecule has 1 unspecified atom stereocenters. The molecule has 11 atom stereocenters. The summed E-state index contributed by atoms with van der Waals surface area (Å²) in [4.78, 5) is 97.3. The zero-order valence-corrected chi connectivity index (χ0v) is 37.6. The number of ether oxygens (including phenoxy) is 7. The molecule has 0 aromatic heterocycles. The van der Waals surface area contributed by atoms with E-state index in [0.717, 1.165) is 6.92 Å². The van der Waals surface area contributed by atoms with Crippen LogP contribution in [0.2, 0.25) is 0 Å². The molecule has 2 aromatic rings. The first kappa shape index (κ1) is 46.4. The number of Topliss-reactive ketones (excluding diaryl/α,β-unsaturated/α-hetero) is 1. The van der Waals surface area contributed by atoms with Crippen LogP contribution < -0.4 is 5.32 Å². The summed E-state index contributed by atoms with van der Waals surface area (Å²) < 4.78 is 42.3. The molecule has 1 spiro atoms. The highest BCUT2D eigenvalue weighted by molar-refractivity contribution is 5.97. The Morgan fingerprint density at radius 2 is 1.55 bits per heavy atom. The number of nitrogens with one attached hydrogen (secondary N) is 1. The Morgan fingerprint density at radius 1 is 0.906 bits per heavy atom. The van der Waals surface area contributed by atoms with Gasteiger partial charge in [0.25, 0.3) is 0 Å². The van der Waals surface area contributed by atoms with Gasteiger partial charge in [-0.2, -0.15) is 0 Å². The van der Waals surface area contributed by atoms with Crippen LogP contribution in [0.4, 0.5) is 4.79 Å². The van der Waals surface area contributed by atoms with Crippen molar-refractivity contribution in [3.63, 3.8) is 0 Å². The monoisotopic (exact) mass is 887 g/mol. The molecule has 16 heteroatoms. The average molecular weight is 888 g/mol. The van der Waals surface area contributed by atoms with Crippen molar-refractivity contribution < 1.29 is 71.8 Å². The van der Waals surface area contributed by atoms with Crippen LogP contribution in [-0.2, 0) is 57.1 Å². The Morgan fingerprint density at radius 3 is 2.11 bits per heavy atom. The number of alkyl carbamates (subject to hydrolysis) is 1. The SMILES string of the molecule is CCC(=O)OC(C(=O)O[C@H]1C[C@@]2(O)[C@@H](OC(=O)c3ccccc3)[C@@H]3[C@]4(OC(C)=O)CO[C@@H]4C[C@@H]4C[C@@]43C(=O)[C@H](OC(C)=O)C(=C1C)C2(C)C)[C@@H](NC(=O)OC(C)(C)C)c1ccccc1. The number of carbonyl (C=O) groups excluding carboxylic acids is 7. The van der Waals surface area contributed by atoms with Crippen LogP contribution in [0.25, 0.3) is 0 Å². The van der Waals surface area contributed by atoms with Gasteiger partial charge in [-0.1, -0.05) is 69.3 Å². The van der Waals surface area contributed by atoms with Crippen molar-refractivity contribution in [2.75, 3.05) is 6.61 Å². The number of hydrogen-bond acceptors (Lipinski definition) is 15. The van der Waals surface area contributed by atoms with Crippen LogP contribution >= 0.6 is 0 Å². The molecule has 0 radical (unpaired) electrons. The topological polar surface area (TPSA) is 216 Å². The smallest absolute Gasteiger partial charge is 0.408 e. The second-order valence-electron chi connectivity index (χ2n) is 19.1. The van der Waals surface area contributed by atoms with E-state index < -0.39 is 124 Å². The molecule has 344 valence electrons. The Bertz CT molecular complexity index is 2250. The summed E-state index contributed by atoms with van der Waals surface area (Å²) in [6, 6.07) is 15.0. The van der Waals surface area contributed by atoms with E-state index in [2.05, 4.69) is 5.32 Å². The quantitative estimate of drug-likeness (QED) is 0.163. The van der Waals surface area contributed by atoms with E-state index in [0.29, 0.717) is 12.0 Å². The first-order chi connectivity index (χ1) is 30.0. The molecule has 1 aliphatic heterocycles. The van der Waals surface area contributed by atoms with Crippen LogP contribution in [0.1, 0.15) is 110 Å². The number of carbonyl (C=O) groups is 7. The van der Waals surface area contributed by atoms with E-state index in [9.17, 15) is 33.9 Å². The Labute approximate surface area is 371 Å². The van der Waals surface area contributed by atoms with Crippen LogP contribution in [0.5, 0.6) is 0 Å². The van der Waals surface area contributed by atoms with Gasteiger partial charge in [-0.05, 0) is 75.3 Å². The summed E-state index contributed by atoms with van der Waals surface area (Å²) in [6.45, 7) is 13.5. The fourth-order valence-electron chi connectivity index (χ4n) is 10.7. The molecule has 5 aliphatic rings. The lowest BCUT2D eigenvalue weighted by Crippen LogP contribution is -2.78. The summed E-state index contributed by atoms with van der Waals surface area (Å²) in [6.07, 6.45) is -8.32. The first-order valence-electron chi connectivity index (χ1n) is 21.7. The third-order valence-corrected chi connectivity index (χ3v) is 13.7. The molecular formula is C48H57NO15. The standard InChI is InChI=1S/C48H57NO15/c1-10-33(52)61-37(35(28-17-13-11-14-18-28)49-43(56)64-44(5,6)7)42(55)60-31-23-48(57)40(62-41(54)29-19-15-12-16-20-29)38-46(22-30(46)21-32-47(38,24-58-32)63-27(4)51)39(53)36(59-26(3)50)34(25(31)2)45(48,8)9/h11-20,30-32,35-38,40,57H,10,21-24H2,1-9H3,(H,49,56)/t30-,31+,32-,35+,36-,37?,38+,40+,46-,47+,48-/m1/s1. The Balaban J connectivity index is 1.40. The summed E-state index contributed by atoms with van der Waals surface area (Å²) in [5.74, 6) is -6.48. The molecule has 1 heterocycles. The van der Waals surface area contributed by atoms with Gasteiger partial charge in [-0.15, -0.1) is 0 Å². The molecule has 3 saturated carbocycles. The molecule has 1 saturated heterocycles. The zero-order valence-electron chi connectivity index (χ0n) is 37.6. The van der Waals surface area contributed by atoms with Gasteiger partial charge in [0, 0.05) is 37.5 Å². The third kappa shape index (κ3) is 7.96. The molecule has 1 amide bonds. The number of fused-ring (bicyclic) bond motifs is 4. The van der Waals surface area contributed by atoms with Crippen molar-refractivity contribution in [1.82, 2.24) is 5.32 Å². The predicted molar refractivity (Wildman–Crippen MR) is 224 cm³/mol. The van der Waals surface area contributed by atoms with Crippen molar-refractivity contribution in [1.29, 1.82) is 0 Å². The van der Waals surface area contributed by atoms with Crippen molar-refractivity contribution in [2.45, 2.75) is 141 Å². The lowest BCUT2D eigenvalue weighted by molar-refractivity contribution is -0.323. The minimum absolute atomic E-state index is 0.112. The second-order valence-corrected chi connectivity index (χ2v) is 19.1. The number of esters is 5. The fourth-order valence-corrected chi connectivity index (χ4v) is 10.7. The largest absolute Gasteiger partial charge is 0.455 e. The van der Waals surface area contributed by atoms with Crippen molar-refractivity contribution >= 4 is 41.7 Å². The zero-order chi connectivity index (χ0) is 46.7. The lowest BCUT2D eigenvalue weighted by atomic mass is 9.48. The van der Waals surface area contributed by atoms with E-state index in [1.165, 1.54) is 26.0 Å². The summed E-state index contributed by atoms with van der Waals surface area (Å²) >= 11 is 0. The van der Waals surface area contributed by atoms with Crippen molar-refractivity contribution in [3.05, 3.63) is 82.9 Å². The Hall–Kier alpha value is -5.61. The molecule has 7 rings (SSSR count). The number of amides is 1. The summed E-state index contributed by atoms with van der Waals surface area (Å²) in [7, 11) is 0. The molecule has 2 aromatic carbocycles. The van der Waals surface area contributed by atoms with Gasteiger partial charge in [0.05, 0.1) is 18.1 Å². The molecule has 16 nitrogen and oxygen atoms in total. The van der Waals surface area contributed by atoms with Gasteiger partial charge in [0.1, 0.15) is 35.6 Å². The van der Waals surface area contributed by atoms with Gasteiger partial charge in [-0.25, -0.2) is 14.4 Å². The van der Waals surface area contributed by atoms with Crippen LogP contribution in [0.15, 0.2) is 71.8 Å². The average Bonchev–Trinajstić information content (AvgIpc) is 3.95. The third-order valence-electron chi connectivity index (χ3n) is 13.7. The van der Waals surface area contributed by atoms with E-state index in [4.69, 9.17) is 33.2 Å². The van der Waals surface area contributed by atoms with Gasteiger partial charge in [0.2, 0.25) is 6.10 Å². The van der Waals surface area contributed by atoms with E-state index in [1.54, 1.807) is 90.1 Å². The van der Waals surface area contributed by atoms with Crippen LogP contribution in [0, 0.1) is 22.7 Å². The molecule has 2 N–H and O–H groups in total. The lowest BCUT2D eigenvalue weighted by Gasteiger charge is -2.64. The van der Waals surface area contributed by atoms with Gasteiger partial charge in [-0.3, -0.25) is 19.2 Å². The highest BCUT2D eigenvalue weighted by Crippen LogP contribution is 2.74. The van der Waals surface area contributed by atoms with Crippen LogP contribution in [0.3, 0.4) is 0 Å². The number of rotatable bonds is 11. The minimum atomic E-state index is -2.28. The van der Waals surface area contributed by atoms with Gasteiger partial charge >= 0.3 is 35.9 Å². The maximum Gasteiger partial charge on any atom is 0.408 e. The molecule has 4 aliphatic carbocycles. The van der Waals surface area contributed by atoms with Crippen molar-refractivity contribution in [2.24, 2.45) is 22.7 Å². The van der Waals surface area contributed by atoms with E-state index >= 15 is 4.79 Å². The molecule has 2 bridgehead atoms. The molecule has 64 heavy (non-hydrogen) atoms. The maximum atomic E-state index is 15.6.